The molecule has 120 valence electrons. The maximum Gasteiger partial charge on any atom is 0.315 e. The van der Waals surface area contributed by atoms with Crippen LogP contribution in [0.5, 0.6) is 0 Å². The lowest BCUT2D eigenvalue weighted by Crippen LogP contribution is -2.09. The predicted molar refractivity (Wildman–Crippen MR) is 94.2 cm³/mol. The van der Waals surface area contributed by atoms with Gasteiger partial charge in [0.1, 0.15) is 11.7 Å². The molecule has 5 heteroatoms. The summed E-state index contributed by atoms with van der Waals surface area (Å²) < 4.78 is 0. The van der Waals surface area contributed by atoms with Crippen molar-refractivity contribution < 1.29 is 9.90 Å². The number of carboxylic acids is 1. The van der Waals surface area contributed by atoms with Crippen LogP contribution in [0.15, 0.2) is 60.9 Å². The third-order valence-corrected chi connectivity index (χ3v) is 4.73. The summed E-state index contributed by atoms with van der Waals surface area (Å²) in [5.41, 5.74) is 6.14. The molecule has 5 rings (SSSR count). The molecule has 1 atom stereocenters. The highest BCUT2D eigenvalue weighted by Gasteiger charge is 2.35. The van der Waals surface area contributed by atoms with E-state index in [0.717, 1.165) is 44.7 Å². The number of rotatable bonds is 2. The Kier molecular flexibility index (Phi) is 2.79. The van der Waals surface area contributed by atoms with Crippen LogP contribution in [0.1, 0.15) is 17.0 Å². The van der Waals surface area contributed by atoms with E-state index < -0.39 is 11.9 Å². The fourth-order valence-electron chi connectivity index (χ4n) is 3.70. The lowest BCUT2D eigenvalue weighted by molar-refractivity contribution is -0.137. The topological polar surface area (TPSA) is 78.9 Å². The predicted octanol–water partition coefficient (Wildman–Crippen LogP) is 3.82. The first kappa shape index (κ1) is 13.9. The summed E-state index contributed by atoms with van der Waals surface area (Å²) in [6, 6.07) is 15.3. The molecule has 25 heavy (non-hydrogen) atoms. The van der Waals surface area contributed by atoms with E-state index in [9.17, 15) is 9.90 Å². The van der Waals surface area contributed by atoms with Crippen LogP contribution in [0, 0.1) is 0 Å². The van der Waals surface area contributed by atoms with Gasteiger partial charge in [-0.25, -0.2) is 4.98 Å². The second-order valence-corrected chi connectivity index (χ2v) is 6.11. The molecule has 2 aromatic carbocycles. The number of aromatic amines is 1. The minimum atomic E-state index is -0.836. The van der Waals surface area contributed by atoms with Crippen LogP contribution in [0.25, 0.3) is 33.5 Å². The Labute approximate surface area is 143 Å². The van der Waals surface area contributed by atoms with Crippen molar-refractivity contribution in [1.29, 1.82) is 0 Å². The molecule has 0 saturated carbocycles. The molecule has 0 bridgehead atoms. The molecular weight excluding hydrogens is 314 g/mol. The van der Waals surface area contributed by atoms with Crippen LogP contribution >= 0.6 is 0 Å². The third kappa shape index (κ3) is 1.92. The molecule has 0 spiro atoms. The molecular formula is C20H13N3O2. The lowest BCUT2D eigenvalue weighted by Gasteiger charge is -2.09. The van der Waals surface area contributed by atoms with Crippen molar-refractivity contribution >= 4 is 17.0 Å². The summed E-state index contributed by atoms with van der Waals surface area (Å²) in [7, 11) is 0. The normalized spacial score (nSPS) is 15.1. The van der Waals surface area contributed by atoms with Crippen LogP contribution in [-0.2, 0) is 4.79 Å². The molecule has 2 N–H and O–H groups in total. The van der Waals surface area contributed by atoms with Gasteiger partial charge in [0.2, 0.25) is 0 Å². The summed E-state index contributed by atoms with van der Waals surface area (Å²) in [5, 5.41) is 9.75. The van der Waals surface area contributed by atoms with E-state index >= 15 is 0 Å². The quantitative estimate of drug-likeness (QED) is 0.586. The van der Waals surface area contributed by atoms with Crippen LogP contribution in [0.3, 0.4) is 0 Å². The summed E-state index contributed by atoms with van der Waals surface area (Å²) >= 11 is 0. The van der Waals surface area contributed by atoms with Crippen LogP contribution in [0.4, 0.5) is 0 Å². The van der Waals surface area contributed by atoms with Gasteiger partial charge in [0.25, 0.3) is 0 Å². The summed E-state index contributed by atoms with van der Waals surface area (Å²) in [6.45, 7) is 0. The molecule has 1 aliphatic rings. The van der Waals surface area contributed by atoms with Crippen LogP contribution in [0.2, 0.25) is 0 Å². The first-order valence-electron chi connectivity index (χ1n) is 7.99. The molecule has 5 nitrogen and oxygen atoms in total. The molecule has 1 unspecified atom stereocenters. The van der Waals surface area contributed by atoms with Gasteiger partial charge < -0.3 is 10.1 Å². The minimum absolute atomic E-state index is 0.641. The molecule has 0 fully saturated rings. The number of fused-ring (bicyclic) bond motifs is 4. The van der Waals surface area contributed by atoms with Gasteiger partial charge in [-0.1, -0.05) is 42.5 Å². The SMILES string of the molecule is O=C(O)C1c2ccccc2-c2c(-c3nc4ccncc4[nH]3)cccc21. The Hall–Kier alpha value is -3.47. The summed E-state index contributed by atoms with van der Waals surface area (Å²) in [5.74, 6) is -0.755. The van der Waals surface area contributed by atoms with Crippen LogP contribution in [-0.4, -0.2) is 26.0 Å². The monoisotopic (exact) mass is 327 g/mol. The Morgan fingerprint density at radius 2 is 1.80 bits per heavy atom. The summed E-state index contributed by atoms with van der Waals surface area (Å²) in [4.78, 5) is 24.0. The molecule has 2 heterocycles. The number of hydrogen-bond donors (Lipinski definition) is 2. The number of carbonyl (C=O) groups is 1. The number of benzene rings is 2. The van der Waals surface area contributed by atoms with Crippen molar-refractivity contribution in [2.24, 2.45) is 0 Å². The fraction of sp³-hybridized carbons (Fsp3) is 0.0500. The number of imidazole rings is 1. The van der Waals surface area contributed by atoms with Crippen molar-refractivity contribution in [2.75, 3.05) is 0 Å². The van der Waals surface area contributed by atoms with Gasteiger partial charge in [-0.3, -0.25) is 9.78 Å². The van der Waals surface area contributed by atoms with Gasteiger partial charge >= 0.3 is 5.97 Å². The Morgan fingerprint density at radius 1 is 1.00 bits per heavy atom. The average molecular weight is 327 g/mol. The molecule has 0 aliphatic heterocycles. The highest BCUT2D eigenvalue weighted by molar-refractivity contribution is 5.98. The first-order chi connectivity index (χ1) is 12.2. The van der Waals surface area contributed by atoms with E-state index in [1.165, 1.54) is 0 Å². The average Bonchev–Trinajstić information content (AvgIpc) is 3.20. The second-order valence-electron chi connectivity index (χ2n) is 6.11. The van der Waals surface area contributed by atoms with Gasteiger partial charge in [-0.2, -0.15) is 0 Å². The zero-order chi connectivity index (χ0) is 17.0. The van der Waals surface area contributed by atoms with Crippen molar-refractivity contribution in [3.8, 4) is 22.5 Å². The van der Waals surface area contributed by atoms with Gasteiger partial charge in [0.05, 0.1) is 17.2 Å². The first-order valence-corrected chi connectivity index (χ1v) is 7.99. The Morgan fingerprint density at radius 3 is 2.64 bits per heavy atom. The maximum absolute atomic E-state index is 11.9. The van der Waals surface area contributed by atoms with Gasteiger partial charge in [-0.15, -0.1) is 0 Å². The van der Waals surface area contributed by atoms with Crippen LogP contribution < -0.4 is 0 Å². The summed E-state index contributed by atoms with van der Waals surface area (Å²) in [6.07, 6.45) is 3.45. The number of nitrogens with one attached hydrogen (secondary N) is 1. The maximum atomic E-state index is 11.9. The number of aliphatic carboxylic acids is 1. The molecule has 4 aromatic rings. The molecule has 2 aromatic heterocycles. The van der Waals surface area contributed by atoms with Crippen molar-refractivity contribution in [2.45, 2.75) is 5.92 Å². The number of nitrogens with zero attached hydrogens (tertiary/aromatic N) is 2. The van der Waals surface area contributed by atoms with Gasteiger partial charge in [-0.05, 0) is 28.3 Å². The van der Waals surface area contributed by atoms with E-state index in [4.69, 9.17) is 0 Å². The number of pyridine rings is 1. The standard InChI is InChI=1S/C20H13N3O2/c24-20(25)18-12-5-2-1-4-11(12)17-13(18)6-3-7-14(17)19-22-15-8-9-21-10-16(15)23-19/h1-10,18H,(H,22,23)(H,24,25). The van der Waals surface area contributed by atoms with Gasteiger partial charge in [0, 0.05) is 11.8 Å². The largest absolute Gasteiger partial charge is 0.481 e. The number of H-pyrrole nitrogens is 1. The number of hydrogen-bond acceptors (Lipinski definition) is 3. The van der Waals surface area contributed by atoms with Crippen molar-refractivity contribution in [1.82, 2.24) is 15.0 Å². The zero-order valence-corrected chi connectivity index (χ0v) is 13.1. The second kappa shape index (κ2) is 5.01. The van der Waals surface area contributed by atoms with E-state index in [0.29, 0.717) is 0 Å². The van der Waals surface area contributed by atoms with E-state index in [1.54, 1.807) is 12.4 Å². The van der Waals surface area contributed by atoms with E-state index in [1.807, 2.05) is 48.5 Å². The lowest BCUT2D eigenvalue weighted by atomic mass is 9.96. The molecule has 0 radical (unpaired) electrons. The number of aromatic nitrogens is 3. The van der Waals surface area contributed by atoms with E-state index in [-0.39, 0.29) is 0 Å². The minimum Gasteiger partial charge on any atom is -0.481 e. The van der Waals surface area contributed by atoms with Gasteiger partial charge in [0.15, 0.2) is 0 Å². The highest BCUT2D eigenvalue weighted by atomic mass is 16.4. The third-order valence-electron chi connectivity index (χ3n) is 4.73. The number of carboxylic acid groups (broad SMARTS) is 1. The molecule has 0 amide bonds. The smallest absolute Gasteiger partial charge is 0.315 e. The van der Waals surface area contributed by atoms with E-state index in [2.05, 4.69) is 15.0 Å². The van der Waals surface area contributed by atoms with Crippen molar-refractivity contribution in [3.05, 3.63) is 72.1 Å². The highest BCUT2D eigenvalue weighted by Crippen LogP contribution is 2.48. The molecule has 0 saturated heterocycles. The Balaban J connectivity index is 1.82. The molecule has 1 aliphatic carbocycles. The Bertz CT molecular complexity index is 1110. The zero-order valence-electron chi connectivity index (χ0n) is 13.1. The van der Waals surface area contributed by atoms with Crippen molar-refractivity contribution in [3.63, 3.8) is 0 Å². The fourth-order valence-corrected chi connectivity index (χ4v) is 3.70.